The highest BCUT2D eigenvalue weighted by Gasteiger charge is 2.52. The second-order valence-corrected chi connectivity index (χ2v) is 11.0. The van der Waals surface area contributed by atoms with Gasteiger partial charge in [0, 0.05) is 13.1 Å². The predicted molar refractivity (Wildman–Crippen MR) is 160 cm³/mol. The van der Waals surface area contributed by atoms with Gasteiger partial charge in [-0.25, -0.2) is 0 Å². The van der Waals surface area contributed by atoms with Crippen LogP contribution < -0.4 is 0 Å². The summed E-state index contributed by atoms with van der Waals surface area (Å²) in [6, 6.07) is 41.6. The van der Waals surface area contributed by atoms with Crippen LogP contribution in [0.4, 0.5) is 0 Å². The quantitative estimate of drug-likeness (QED) is 0.204. The molecule has 0 N–H and O–H groups in total. The molecule has 0 amide bonds. The molecule has 0 unspecified atom stereocenters. The van der Waals surface area contributed by atoms with Crippen LogP contribution in [0.15, 0.2) is 121 Å². The van der Waals surface area contributed by atoms with Crippen LogP contribution in [-0.2, 0) is 45.4 Å². The van der Waals surface area contributed by atoms with Gasteiger partial charge in [-0.15, -0.1) is 0 Å². The number of piperidine rings is 1. The van der Waals surface area contributed by atoms with Crippen LogP contribution in [0, 0.1) is 0 Å². The molecule has 0 aromatic heterocycles. The van der Waals surface area contributed by atoms with E-state index in [0.717, 1.165) is 36.2 Å². The summed E-state index contributed by atoms with van der Waals surface area (Å²) in [7, 11) is 0. The molecule has 4 aromatic rings. The summed E-state index contributed by atoms with van der Waals surface area (Å²) in [6.07, 6.45) is 0.415. The van der Waals surface area contributed by atoms with Crippen molar-refractivity contribution in [2.45, 2.75) is 63.3 Å². The van der Waals surface area contributed by atoms with Gasteiger partial charge < -0.3 is 18.9 Å². The Hall–Kier alpha value is -3.32. The van der Waals surface area contributed by atoms with Gasteiger partial charge in [-0.1, -0.05) is 121 Å². The molecule has 5 atom stereocenters. The maximum Gasteiger partial charge on any atom is 0.113 e. The third-order valence-corrected chi connectivity index (χ3v) is 8.13. The minimum Gasteiger partial charge on any atom is -0.372 e. The average Bonchev–Trinajstić information content (AvgIpc) is 3.45. The van der Waals surface area contributed by atoms with Crippen LogP contribution in [0.25, 0.3) is 0 Å². The van der Waals surface area contributed by atoms with Crippen LogP contribution in [0.1, 0.15) is 28.7 Å². The molecule has 2 heterocycles. The van der Waals surface area contributed by atoms with E-state index in [0.29, 0.717) is 26.4 Å². The Bertz CT molecular complexity index is 1300. The van der Waals surface area contributed by atoms with Crippen molar-refractivity contribution in [3.63, 3.8) is 0 Å². The van der Waals surface area contributed by atoms with E-state index in [4.69, 9.17) is 18.9 Å². The summed E-state index contributed by atoms with van der Waals surface area (Å²) < 4.78 is 26.8. The summed E-state index contributed by atoms with van der Waals surface area (Å²) in [5, 5.41) is 0. The summed E-state index contributed by atoms with van der Waals surface area (Å²) in [6.45, 7) is 3.88. The van der Waals surface area contributed by atoms with Gasteiger partial charge in [0.15, 0.2) is 0 Å². The second kappa shape index (κ2) is 14.0. The van der Waals surface area contributed by atoms with E-state index in [9.17, 15) is 0 Å². The lowest BCUT2D eigenvalue weighted by atomic mass is 9.91. The van der Waals surface area contributed by atoms with Crippen LogP contribution in [0.3, 0.4) is 0 Å². The van der Waals surface area contributed by atoms with Gasteiger partial charge in [0.25, 0.3) is 0 Å². The van der Waals surface area contributed by atoms with Crippen LogP contribution in [-0.4, -0.2) is 48.4 Å². The normalized spacial score (nSPS) is 24.2. The lowest BCUT2D eigenvalue weighted by Crippen LogP contribution is -2.63. The molecule has 0 bridgehead atoms. The third-order valence-electron chi connectivity index (χ3n) is 8.13. The first-order valence-corrected chi connectivity index (χ1v) is 14.7. The molecule has 0 radical (unpaired) electrons. The molecule has 6 rings (SSSR count). The lowest BCUT2D eigenvalue weighted by molar-refractivity contribution is -0.208. The van der Waals surface area contributed by atoms with Gasteiger partial charge in [-0.05, 0) is 28.7 Å². The number of benzene rings is 4. The van der Waals surface area contributed by atoms with Crippen LogP contribution in [0.5, 0.6) is 0 Å². The zero-order valence-corrected chi connectivity index (χ0v) is 23.5. The summed E-state index contributed by atoms with van der Waals surface area (Å²) in [5.74, 6) is 0. The van der Waals surface area contributed by atoms with Gasteiger partial charge in [-0.2, -0.15) is 0 Å². The standard InChI is InChI=1S/C36H39NO4/c1-5-13-28(14-6-1)24-38-32-21-22-37-23-33(39-25-29-15-7-2-8-16-29)35(40-26-30-17-9-3-10-18-30)36(34(32)37)41-27-31-19-11-4-12-20-31/h1-20,32-36H,21-27H2/t32-,33+,34+,35-,36-/m1/s1. The smallest absolute Gasteiger partial charge is 0.113 e. The highest BCUT2D eigenvalue weighted by atomic mass is 16.6. The van der Waals surface area contributed by atoms with Crippen molar-refractivity contribution in [2.24, 2.45) is 0 Å². The molecule has 0 spiro atoms. The zero-order valence-electron chi connectivity index (χ0n) is 23.5. The van der Waals surface area contributed by atoms with Crippen LogP contribution in [0.2, 0.25) is 0 Å². The van der Waals surface area contributed by atoms with Crippen molar-refractivity contribution >= 4 is 0 Å². The average molecular weight is 550 g/mol. The van der Waals surface area contributed by atoms with E-state index in [1.54, 1.807) is 0 Å². The van der Waals surface area contributed by atoms with Crippen molar-refractivity contribution in [1.29, 1.82) is 0 Å². The lowest BCUT2D eigenvalue weighted by Gasteiger charge is -2.47. The fourth-order valence-electron chi connectivity index (χ4n) is 6.03. The number of rotatable bonds is 12. The molecule has 2 saturated heterocycles. The van der Waals surface area contributed by atoms with Gasteiger partial charge >= 0.3 is 0 Å². The Kier molecular flexibility index (Phi) is 9.53. The van der Waals surface area contributed by atoms with Crippen molar-refractivity contribution < 1.29 is 18.9 Å². The number of ether oxygens (including phenoxy) is 4. The summed E-state index contributed by atoms with van der Waals surface area (Å²) in [5.41, 5.74) is 4.63. The Morgan fingerprint density at radius 3 is 1.32 bits per heavy atom. The Labute approximate surface area is 243 Å². The highest BCUT2D eigenvalue weighted by molar-refractivity contribution is 5.17. The molecule has 2 fully saturated rings. The number of nitrogens with zero attached hydrogens (tertiary/aromatic N) is 1. The molecular weight excluding hydrogens is 510 g/mol. The van der Waals surface area contributed by atoms with Gasteiger partial charge in [-0.3, -0.25) is 4.90 Å². The van der Waals surface area contributed by atoms with E-state index in [2.05, 4.69) is 102 Å². The molecule has 212 valence electrons. The van der Waals surface area contributed by atoms with Gasteiger partial charge in [0.1, 0.15) is 12.2 Å². The molecular formula is C36H39NO4. The number of fused-ring (bicyclic) bond motifs is 1. The summed E-state index contributed by atoms with van der Waals surface area (Å²) >= 11 is 0. The molecule has 0 aliphatic carbocycles. The Morgan fingerprint density at radius 1 is 0.463 bits per heavy atom. The molecule has 0 saturated carbocycles. The first-order valence-electron chi connectivity index (χ1n) is 14.7. The zero-order chi connectivity index (χ0) is 27.7. The van der Waals surface area contributed by atoms with Gasteiger partial charge in [0.2, 0.25) is 0 Å². The van der Waals surface area contributed by atoms with Crippen molar-refractivity contribution in [3.05, 3.63) is 144 Å². The molecule has 4 aromatic carbocycles. The Balaban J connectivity index is 1.25. The maximum atomic E-state index is 6.82. The van der Waals surface area contributed by atoms with E-state index in [1.165, 1.54) is 5.56 Å². The molecule has 5 nitrogen and oxygen atoms in total. The minimum atomic E-state index is -0.246. The van der Waals surface area contributed by atoms with Crippen molar-refractivity contribution in [1.82, 2.24) is 4.90 Å². The molecule has 41 heavy (non-hydrogen) atoms. The fraction of sp³-hybridized carbons (Fsp3) is 0.333. The van der Waals surface area contributed by atoms with Crippen molar-refractivity contribution in [3.8, 4) is 0 Å². The van der Waals surface area contributed by atoms with E-state index >= 15 is 0 Å². The Morgan fingerprint density at radius 2 is 0.854 bits per heavy atom. The molecule has 2 aliphatic heterocycles. The predicted octanol–water partition coefficient (Wildman–Crippen LogP) is 6.42. The minimum absolute atomic E-state index is 0.0499. The first kappa shape index (κ1) is 27.8. The fourth-order valence-corrected chi connectivity index (χ4v) is 6.03. The molecule has 5 heteroatoms. The topological polar surface area (TPSA) is 40.2 Å². The second-order valence-electron chi connectivity index (χ2n) is 11.0. The largest absolute Gasteiger partial charge is 0.372 e. The third kappa shape index (κ3) is 7.31. The first-order chi connectivity index (χ1) is 20.3. The maximum absolute atomic E-state index is 6.82. The van der Waals surface area contributed by atoms with Crippen molar-refractivity contribution in [2.75, 3.05) is 13.1 Å². The van der Waals surface area contributed by atoms with E-state index < -0.39 is 0 Å². The van der Waals surface area contributed by atoms with Gasteiger partial charge in [0.05, 0.1) is 44.7 Å². The monoisotopic (exact) mass is 549 g/mol. The SMILES string of the molecule is c1ccc(CO[C@H]2[C@H](OCc3ccccc3)[C@@H](OCc3ccccc3)CN3CC[C@@H](OCc4ccccc4)[C@@H]23)cc1. The van der Waals surface area contributed by atoms with Crippen LogP contribution >= 0.6 is 0 Å². The van der Waals surface area contributed by atoms with E-state index in [1.807, 2.05) is 24.3 Å². The number of hydrogen-bond acceptors (Lipinski definition) is 5. The highest BCUT2D eigenvalue weighted by Crippen LogP contribution is 2.36. The summed E-state index contributed by atoms with van der Waals surface area (Å²) in [4.78, 5) is 2.50. The molecule has 2 aliphatic rings. The van der Waals surface area contributed by atoms with E-state index in [-0.39, 0.29) is 30.5 Å². The number of hydrogen-bond donors (Lipinski definition) is 0.